The van der Waals surface area contributed by atoms with Gasteiger partial charge in [-0.05, 0) is 36.4 Å². The normalized spacial score (nSPS) is 11.2. The summed E-state index contributed by atoms with van der Waals surface area (Å²) in [5.41, 5.74) is 5.21. The Kier molecular flexibility index (Phi) is 7.34. The Bertz CT molecular complexity index is 1280. The summed E-state index contributed by atoms with van der Waals surface area (Å²) < 4.78 is 60.3. The average Bonchev–Trinajstić information content (AvgIpc) is 3.13. The molecule has 1 heterocycles. The molecule has 33 heavy (non-hydrogen) atoms. The van der Waals surface area contributed by atoms with Crippen LogP contribution in [0.1, 0.15) is 10.4 Å². The van der Waals surface area contributed by atoms with Gasteiger partial charge >= 0.3 is 0 Å². The van der Waals surface area contributed by atoms with Crippen LogP contribution in [0.2, 0.25) is 0 Å². The minimum atomic E-state index is -3.77. The quantitative estimate of drug-likeness (QED) is 0.312. The van der Waals surface area contributed by atoms with E-state index in [1.54, 1.807) is 0 Å². The van der Waals surface area contributed by atoms with Crippen molar-refractivity contribution in [2.75, 3.05) is 30.8 Å². The monoisotopic (exact) mass is 476 g/mol. The second kappa shape index (κ2) is 10.2. The van der Waals surface area contributed by atoms with E-state index in [0.29, 0.717) is 10.4 Å². The van der Waals surface area contributed by atoms with Crippen molar-refractivity contribution in [3.8, 4) is 12.3 Å². The van der Waals surface area contributed by atoms with Crippen LogP contribution in [0.15, 0.2) is 47.4 Å². The number of halogens is 2. The third-order valence-corrected chi connectivity index (χ3v) is 5.62. The zero-order valence-electron chi connectivity index (χ0n) is 17.0. The Morgan fingerprint density at radius 2 is 1.85 bits per heavy atom. The van der Waals surface area contributed by atoms with Gasteiger partial charge in [-0.3, -0.25) is 4.79 Å². The Balaban J connectivity index is 1.70. The van der Waals surface area contributed by atoms with E-state index in [0.717, 1.165) is 18.2 Å². The van der Waals surface area contributed by atoms with Gasteiger partial charge in [-0.15, -0.1) is 11.5 Å². The molecule has 0 fully saturated rings. The highest BCUT2D eigenvalue weighted by Gasteiger charge is 2.23. The summed E-state index contributed by atoms with van der Waals surface area (Å²) in [6, 6.07) is 8.48. The van der Waals surface area contributed by atoms with Crippen molar-refractivity contribution in [1.82, 2.24) is 19.5 Å². The summed E-state index contributed by atoms with van der Waals surface area (Å²) in [7, 11) is -3.77. The van der Waals surface area contributed by atoms with Gasteiger partial charge in [-0.2, -0.15) is 9.67 Å². The molecule has 4 N–H and O–H groups in total. The highest BCUT2D eigenvalue weighted by molar-refractivity contribution is 7.89. The summed E-state index contributed by atoms with van der Waals surface area (Å²) >= 11 is 0. The molecule has 3 rings (SSSR count). The van der Waals surface area contributed by atoms with Gasteiger partial charge in [0, 0.05) is 12.2 Å². The Morgan fingerprint density at radius 3 is 2.48 bits per heavy atom. The van der Waals surface area contributed by atoms with E-state index < -0.39 is 39.1 Å². The second-order valence-corrected chi connectivity index (χ2v) is 8.18. The number of hydrogen-bond acceptors (Lipinski definition) is 8. The lowest BCUT2D eigenvalue weighted by molar-refractivity contribution is 0.0939. The first-order valence-electron chi connectivity index (χ1n) is 9.32. The number of rotatable bonds is 9. The topological polar surface area (TPSA) is 141 Å². The van der Waals surface area contributed by atoms with Crippen LogP contribution in [-0.2, 0) is 14.8 Å². The van der Waals surface area contributed by atoms with Crippen LogP contribution in [0.4, 0.5) is 26.4 Å². The number of ether oxygens (including phenoxy) is 1. The fourth-order valence-corrected chi connectivity index (χ4v) is 3.66. The van der Waals surface area contributed by atoms with E-state index in [-0.39, 0.29) is 30.6 Å². The number of carbonyl (C=O) groups excluding carboxylic acids is 1. The molecule has 0 unspecified atom stereocenters. The molecule has 0 spiro atoms. The van der Waals surface area contributed by atoms with Gasteiger partial charge in [0.05, 0.1) is 11.5 Å². The number of anilines is 3. The number of nitrogen functional groups attached to an aromatic ring is 1. The molecule has 0 aliphatic carbocycles. The van der Waals surface area contributed by atoms with Gasteiger partial charge in [-0.1, -0.05) is 12.0 Å². The third kappa shape index (κ3) is 5.69. The predicted molar refractivity (Wildman–Crippen MR) is 115 cm³/mol. The van der Waals surface area contributed by atoms with E-state index in [9.17, 15) is 22.0 Å². The largest absolute Gasteiger partial charge is 0.368 e. The van der Waals surface area contributed by atoms with E-state index >= 15 is 0 Å². The molecule has 0 aliphatic heterocycles. The molecule has 1 aromatic heterocycles. The molecule has 13 heteroatoms. The van der Waals surface area contributed by atoms with Crippen molar-refractivity contribution in [1.29, 1.82) is 0 Å². The number of terminal acetylenes is 1. The molecule has 0 atom stereocenters. The Labute approximate surface area is 187 Å². The fourth-order valence-electron chi connectivity index (χ4n) is 2.64. The molecule has 0 aliphatic rings. The van der Waals surface area contributed by atoms with Gasteiger partial charge < -0.3 is 15.8 Å². The summed E-state index contributed by atoms with van der Waals surface area (Å²) in [5, 5.41) is 6.56. The van der Waals surface area contributed by atoms with E-state index in [2.05, 4.69) is 26.0 Å². The van der Waals surface area contributed by atoms with Crippen molar-refractivity contribution in [2.45, 2.75) is 4.90 Å². The smallest absolute Gasteiger partial charge is 0.287 e. The van der Waals surface area contributed by atoms with Crippen molar-refractivity contribution in [3.63, 3.8) is 0 Å². The molecule has 172 valence electrons. The lowest BCUT2D eigenvalue weighted by Crippen LogP contribution is -2.27. The van der Waals surface area contributed by atoms with Gasteiger partial charge in [0.25, 0.3) is 5.91 Å². The lowest BCUT2D eigenvalue weighted by atomic mass is 10.2. The number of carbonyl (C=O) groups is 1. The first kappa shape index (κ1) is 23.8. The third-order valence-electron chi connectivity index (χ3n) is 4.15. The number of aromatic nitrogens is 3. The van der Waals surface area contributed by atoms with Crippen LogP contribution in [-0.4, -0.2) is 48.8 Å². The van der Waals surface area contributed by atoms with Crippen LogP contribution < -0.4 is 15.8 Å². The fraction of sp³-hybridized carbons (Fsp3) is 0.150. The number of benzene rings is 2. The van der Waals surface area contributed by atoms with Crippen molar-refractivity contribution in [2.24, 2.45) is 0 Å². The van der Waals surface area contributed by atoms with E-state index in [1.165, 1.54) is 24.3 Å². The molecule has 10 nitrogen and oxygen atoms in total. The minimum Gasteiger partial charge on any atom is -0.368 e. The van der Waals surface area contributed by atoms with Gasteiger partial charge in [-0.25, -0.2) is 21.9 Å². The standard InChI is InChI=1S/C20H18F2N6O4S/c1-2-11-32-12-10-24-33(30,31)14-8-6-13(7-9-14)25-20-26-19(23)28(27-20)18(29)17-15(21)4-3-5-16(17)22/h1,3-9,24H,10-12H2,(H3,23,25,26,27). The number of nitrogens with one attached hydrogen (secondary N) is 2. The summed E-state index contributed by atoms with van der Waals surface area (Å²) in [6.07, 6.45) is 5.04. The number of hydrogen-bond donors (Lipinski definition) is 3. The first-order valence-corrected chi connectivity index (χ1v) is 10.8. The van der Waals surface area contributed by atoms with Gasteiger partial charge in [0.15, 0.2) is 0 Å². The summed E-state index contributed by atoms with van der Waals surface area (Å²) in [6.45, 7) is 0.243. The van der Waals surface area contributed by atoms with Crippen LogP contribution in [0, 0.1) is 24.0 Å². The molecule has 0 amide bonds. The molecule has 0 saturated heterocycles. The average molecular weight is 476 g/mol. The summed E-state index contributed by atoms with van der Waals surface area (Å²) in [5.74, 6) is -1.55. The molecule has 0 bridgehead atoms. The highest BCUT2D eigenvalue weighted by Crippen LogP contribution is 2.19. The van der Waals surface area contributed by atoms with Gasteiger partial charge in [0.2, 0.25) is 21.9 Å². The maximum absolute atomic E-state index is 13.9. The maximum atomic E-state index is 13.9. The minimum absolute atomic E-state index is 0.00629. The van der Waals surface area contributed by atoms with Crippen molar-refractivity contribution in [3.05, 3.63) is 59.7 Å². The van der Waals surface area contributed by atoms with Crippen molar-refractivity contribution < 1.29 is 26.7 Å². The number of sulfonamides is 1. The molecule has 3 aromatic rings. The first-order chi connectivity index (χ1) is 15.7. The molecule has 0 radical (unpaired) electrons. The highest BCUT2D eigenvalue weighted by atomic mass is 32.2. The predicted octanol–water partition coefficient (Wildman–Crippen LogP) is 1.50. The van der Waals surface area contributed by atoms with E-state index in [4.69, 9.17) is 16.9 Å². The lowest BCUT2D eigenvalue weighted by Gasteiger charge is -2.08. The zero-order valence-corrected chi connectivity index (χ0v) is 17.8. The zero-order chi connectivity index (χ0) is 24.0. The SMILES string of the molecule is C#CCOCCNS(=O)(=O)c1ccc(Nc2nc(N)n(C(=O)c3c(F)cccc3F)n2)cc1. The molecule has 2 aromatic carbocycles. The van der Waals surface area contributed by atoms with Crippen molar-refractivity contribution >= 4 is 33.5 Å². The van der Waals surface area contributed by atoms with Crippen LogP contribution in [0.3, 0.4) is 0 Å². The molecular formula is C20H18F2N6O4S. The van der Waals surface area contributed by atoms with Crippen LogP contribution >= 0.6 is 0 Å². The van der Waals surface area contributed by atoms with Crippen LogP contribution in [0.25, 0.3) is 0 Å². The number of nitrogens with zero attached hydrogens (tertiary/aromatic N) is 3. The second-order valence-electron chi connectivity index (χ2n) is 6.41. The Morgan fingerprint density at radius 1 is 1.18 bits per heavy atom. The Hall–Kier alpha value is -3.86. The maximum Gasteiger partial charge on any atom is 0.287 e. The molecule has 0 saturated carbocycles. The van der Waals surface area contributed by atoms with Gasteiger partial charge in [0.1, 0.15) is 23.8 Å². The van der Waals surface area contributed by atoms with Crippen LogP contribution in [0.5, 0.6) is 0 Å². The summed E-state index contributed by atoms with van der Waals surface area (Å²) in [4.78, 5) is 16.3. The number of nitrogens with two attached hydrogens (primary N) is 1. The van der Waals surface area contributed by atoms with E-state index in [1.807, 2.05) is 0 Å². The molecular weight excluding hydrogens is 458 g/mol.